The number of carbonyl (C=O) groups is 2. The maximum atomic E-state index is 13.2. The molecule has 0 radical (unpaired) electrons. The van der Waals surface area contributed by atoms with Crippen molar-refractivity contribution in [1.82, 2.24) is 14.4 Å². The maximum absolute atomic E-state index is 13.2. The van der Waals surface area contributed by atoms with E-state index in [0.29, 0.717) is 49.8 Å². The number of rotatable bonds is 6. The summed E-state index contributed by atoms with van der Waals surface area (Å²) < 4.78 is 12.1. The Bertz CT molecular complexity index is 1290. The van der Waals surface area contributed by atoms with Crippen LogP contribution in [0.4, 0.5) is 0 Å². The van der Waals surface area contributed by atoms with Crippen molar-refractivity contribution in [2.45, 2.75) is 13.5 Å². The Morgan fingerprint density at radius 2 is 1.51 bits per heavy atom. The summed E-state index contributed by atoms with van der Waals surface area (Å²) in [5.74, 6) is 0.582. The molecule has 0 aliphatic carbocycles. The van der Waals surface area contributed by atoms with Crippen LogP contribution in [0.15, 0.2) is 65.6 Å². The van der Waals surface area contributed by atoms with Crippen LogP contribution in [0.1, 0.15) is 31.8 Å². The zero-order valence-electron chi connectivity index (χ0n) is 20.2. The number of methoxy groups -OCH3 is 2. The quantitative estimate of drug-likeness (QED) is 0.548. The van der Waals surface area contributed by atoms with Crippen molar-refractivity contribution in [2.75, 3.05) is 40.4 Å². The van der Waals surface area contributed by atoms with Crippen molar-refractivity contribution in [3.05, 3.63) is 93.4 Å². The summed E-state index contributed by atoms with van der Waals surface area (Å²) in [5.41, 5.74) is 2.43. The van der Waals surface area contributed by atoms with E-state index >= 15 is 0 Å². The van der Waals surface area contributed by atoms with Crippen molar-refractivity contribution in [3.8, 4) is 11.5 Å². The Hall–Kier alpha value is -4.07. The number of aryl methyl sites for hydroxylation is 1. The monoisotopic (exact) mass is 475 g/mol. The van der Waals surface area contributed by atoms with Gasteiger partial charge >= 0.3 is 0 Å². The zero-order chi connectivity index (χ0) is 24.9. The van der Waals surface area contributed by atoms with Crippen LogP contribution in [-0.4, -0.2) is 66.6 Å². The fourth-order valence-corrected chi connectivity index (χ4v) is 4.27. The molecule has 0 saturated carbocycles. The number of hydrogen-bond acceptors (Lipinski definition) is 5. The van der Waals surface area contributed by atoms with Crippen molar-refractivity contribution >= 4 is 11.8 Å². The molecule has 8 heteroatoms. The molecule has 0 spiro atoms. The number of aromatic nitrogens is 1. The molecule has 1 aliphatic rings. The van der Waals surface area contributed by atoms with Gasteiger partial charge in [-0.2, -0.15) is 0 Å². The summed E-state index contributed by atoms with van der Waals surface area (Å²) in [5, 5.41) is 0. The molecule has 2 heterocycles. The Labute approximate surface area is 204 Å². The lowest BCUT2D eigenvalue weighted by molar-refractivity contribution is 0.0534. The minimum Gasteiger partial charge on any atom is -0.493 e. The SMILES string of the molecule is COc1ccc(C(=O)N2CCN(C(=O)c3cccn(Cc4cccc(C)c4)c3=O)CC2)cc1OC. The predicted octanol–water partition coefficient (Wildman–Crippen LogP) is 2.82. The van der Waals surface area contributed by atoms with Gasteiger partial charge in [-0.1, -0.05) is 29.8 Å². The van der Waals surface area contributed by atoms with Gasteiger partial charge in [0.1, 0.15) is 5.56 Å². The topological polar surface area (TPSA) is 81.1 Å². The lowest BCUT2D eigenvalue weighted by atomic mass is 10.1. The highest BCUT2D eigenvalue weighted by molar-refractivity contribution is 5.96. The van der Waals surface area contributed by atoms with Gasteiger partial charge in [0, 0.05) is 37.9 Å². The van der Waals surface area contributed by atoms with E-state index in [1.807, 2.05) is 31.2 Å². The van der Waals surface area contributed by atoms with Gasteiger partial charge < -0.3 is 23.8 Å². The first-order valence-electron chi connectivity index (χ1n) is 11.5. The van der Waals surface area contributed by atoms with Crippen LogP contribution in [0.3, 0.4) is 0 Å². The van der Waals surface area contributed by atoms with E-state index in [4.69, 9.17) is 9.47 Å². The molecule has 35 heavy (non-hydrogen) atoms. The number of nitrogens with zero attached hydrogens (tertiary/aromatic N) is 3. The highest BCUT2D eigenvalue weighted by Gasteiger charge is 2.27. The van der Waals surface area contributed by atoms with Crippen molar-refractivity contribution in [3.63, 3.8) is 0 Å². The van der Waals surface area contributed by atoms with E-state index in [9.17, 15) is 14.4 Å². The predicted molar refractivity (Wildman–Crippen MR) is 132 cm³/mol. The zero-order valence-corrected chi connectivity index (χ0v) is 20.2. The standard InChI is InChI=1S/C27H29N3O5/c1-19-6-4-7-20(16-19)18-30-11-5-8-22(27(30)33)26(32)29-14-12-28(13-15-29)25(31)21-9-10-23(34-2)24(17-21)35-3/h4-11,16-17H,12-15,18H2,1-3H3. The van der Waals surface area contributed by atoms with Crippen LogP contribution < -0.4 is 15.0 Å². The van der Waals surface area contributed by atoms with Gasteiger partial charge in [0.15, 0.2) is 11.5 Å². The molecule has 0 bridgehead atoms. The third-order valence-electron chi connectivity index (χ3n) is 6.17. The molecular weight excluding hydrogens is 446 g/mol. The second-order valence-electron chi connectivity index (χ2n) is 8.50. The third kappa shape index (κ3) is 5.21. The summed E-state index contributed by atoms with van der Waals surface area (Å²) in [7, 11) is 3.06. The van der Waals surface area contributed by atoms with Gasteiger partial charge in [0.25, 0.3) is 17.4 Å². The first-order valence-corrected chi connectivity index (χ1v) is 11.5. The lowest BCUT2D eigenvalue weighted by Gasteiger charge is -2.34. The van der Waals surface area contributed by atoms with E-state index in [1.54, 1.807) is 58.0 Å². The van der Waals surface area contributed by atoms with Crippen molar-refractivity contribution < 1.29 is 19.1 Å². The number of piperazine rings is 1. The number of pyridine rings is 1. The first-order chi connectivity index (χ1) is 16.9. The molecule has 1 aromatic heterocycles. The van der Waals surface area contributed by atoms with Gasteiger partial charge in [0.2, 0.25) is 0 Å². The molecule has 182 valence electrons. The van der Waals surface area contributed by atoms with Crippen LogP contribution in [0.25, 0.3) is 0 Å². The Morgan fingerprint density at radius 3 is 2.17 bits per heavy atom. The molecule has 8 nitrogen and oxygen atoms in total. The van der Waals surface area contributed by atoms with E-state index < -0.39 is 0 Å². The number of amides is 2. The summed E-state index contributed by atoms with van der Waals surface area (Å²) >= 11 is 0. The van der Waals surface area contributed by atoms with Crippen molar-refractivity contribution in [2.24, 2.45) is 0 Å². The molecule has 1 fully saturated rings. The fraction of sp³-hybridized carbons (Fsp3) is 0.296. The highest BCUT2D eigenvalue weighted by atomic mass is 16.5. The summed E-state index contributed by atoms with van der Waals surface area (Å²) in [4.78, 5) is 42.5. The van der Waals surface area contributed by atoms with Crippen LogP contribution in [0.2, 0.25) is 0 Å². The molecule has 0 unspecified atom stereocenters. The van der Waals surface area contributed by atoms with Gasteiger partial charge in [-0.3, -0.25) is 14.4 Å². The van der Waals surface area contributed by atoms with Gasteiger partial charge in [-0.25, -0.2) is 0 Å². The fourth-order valence-electron chi connectivity index (χ4n) is 4.27. The lowest BCUT2D eigenvalue weighted by Crippen LogP contribution is -2.51. The van der Waals surface area contributed by atoms with Crippen LogP contribution >= 0.6 is 0 Å². The molecule has 4 rings (SSSR count). The van der Waals surface area contributed by atoms with E-state index in [1.165, 1.54) is 7.11 Å². The van der Waals surface area contributed by atoms with Crippen LogP contribution in [0, 0.1) is 6.92 Å². The molecule has 1 aliphatic heterocycles. The van der Waals surface area contributed by atoms with Crippen LogP contribution in [-0.2, 0) is 6.54 Å². The molecule has 0 atom stereocenters. The summed E-state index contributed by atoms with van der Waals surface area (Å²) in [6, 6.07) is 16.3. The smallest absolute Gasteiger partial charge is 0.263 e. The minimum absolute atomic E-state index is 0.139. The molecule has 3 aromatic rings. The largest absolute Gasteiger partial charge is 0.493 e. The van der Waals surface area contributed by atoms with Crippen molar-refractivity contribution in [1.29, 1.82) is 0 Å². The average molecular weight is 476 g/mol. The number of hydrogen-bond donors (Lipinski definition) is 0. The highest BCUT2D eigenvalue weighted by Crippen LogP contribution is 2.28. The molecule has 1 saturated heterocycles. The number of benzene rings is 2. The maximum Gasteiger partial charge on any atom is 0.263 e. The Morgan fingerprint density at radius 1 is 0.829 bits per heavy atom. The second-order valence-corrected chi connectivity index (χ2v) is 8.50. The average Bonchev–Trinajstić information content (AvgIpc) is 2.89. The number of ether oxygens (including phenoxy) is 2. The van der Waals surface area contributed by atoms with E-state index in [-0.39, 0.29) is 22.9 Å². The van der Waals surface area contributed by atoms with Gasteiger partial charge in [-0.15, -0.1) is 0 Å². The van der Waals surface area contributed by atoms with E-state index in [0.717, 1.165) is 11.1 Å². The summed E-state index contributed by atoms with van der Waals surface area (Å²) in [6.45, 7) is 3.86. The molecular formula is C27H29N3O5. The number of carbonyl (C=O) groups excluding carboxylic acids is 2. The second kappa shape index (κ2) is 10.5. The minimum atomic E-state index is -0.317. The third-order valence-corrected chi connectivity index (χ3v) is 6.17. The van der Waals surface area contributed by atoms with Crippen LogP contribution in [0.5, 0.6) is 11.5 Å². The molecule has 0 N–H and O–H groups in total. The molecule has 2 aromatic carbocycles. The normalized spacial score (nSPS) is 13.5. The Balaban J connectivity index is 1.43. The first kappa shape index (κ1) is 24.1. The Kier molecular flexibility index (Phi) is 7.19. The molecule has 2 amide bonds. The van der Waals surface area contributed by atoms with Gasteiger partial charge in [0.05, 0.1) is 20.8 Å². The van der Waals surface area contributed by atoms with Gasteiger partial charge in [-0.05, 0) is 42.8 Å². The van der Waals surface area contributed by atoms with E-state index in [2.05, 4.69) is 0 Å². The summed E-state index contributed by atoms with van der Waals surface area (Å²) in [6.07, 6.45) is 1.70.